The Morgan fingerprint density at radius 3 is 1.96 bits per heavy atom. The van der Waals surface area contributed by atoms with Crippen LogP contribution in [0.1, 0.15) is 64.9 Å². The zero-order valence-electron chi connectivity index (χ0n) is 17.8. The summed E-state index contributed by atoms with van der Waals surface area (Å²) in [6.07, 6.45) is 13.7. The van der Waals surface area contributed by atoms with Gasteiger partial charge >= 0.3 is 0 Å². The van der Waals surface area contributed by atoms with Crippen molar-refractivity contribution in [2.75, 3.05) is 25.6 Å². The van der Waals surface area contributed by atoms with Gasteiger partial charge in [-0.15, -0.1) is 11.8 Å². The molecule has 0 saturated carbocycles. The maximum Gasteiger partial charge on any atom is 0.277 e. The summed E-state index contributed by atoms with van der Waals surface area (Å²) in [5.74, 6) is 1.08. The zero-order chi connectivity index (χ0) is 20.0. The lowest BCUT2D eigenvalue weighted by molar-refractivity contribution is 0.135. The molecule has 27 heavy (non-hydrogen) atoms. The van der Waals surface area contributed by atoms with E-state index in [9.17, 15) is 5.11 Å². The molecular formula is C23H40O2PS+. The highest BCUT2D eigenvalue weighted by Gasteiger charge is 2.43. The Balaban J connectivity index is 3.14. The summed E-state index contributed by atoms with van der Waals surface area (Å²) < 4.78 is 5.16. The van der Waals surface area contributed by atoms with Gasteiger partial charge in [-0.05, 0) is 24.8 Å². The van der Waals surface area contributed by atoms with Crippen molar-refractivity contribution in [2.45, 2.75) is 70.0 Å². The van der Waals surface area contributed by atoms with Gasteiger partial charge in [0.2, 0.25) is 0 Å². The van der Waals surface area contributed by atoms with E-state index in [1.165, 1.54) is 62.6 Å². The van der Waals surface area contributed by atoms with Crippen molar-refractivity contribution in [3.05, 3.63) is 47.9 Å². The lowest BCUT2D eigenvalue weighted by Gasteiger charge is -2.33. The van der Waals surface area contributed by atoms with Crippen LogP contribution in [0.4, 0.5) is 0 Å². The molecule has 1 unspecified atom stereocenters. The van der Waals surface area contributed by atoms with E-state index < -0.39 is 7.26 Å². The van der Waals surface area contributed by atoms with Crippen molar-refractivity contribution in [3.8, 4) is 0 Å². The molecule has 4 heteroatoms. The van der Waals surface area contributed by atoms with Gasteiger partial charge in [0.1, 0.15) is 4.99 Å². The standard InChI is InChI=1S/C23H39O2PS/c1-5-8-16-26(17-9-6-2,18-10-7-3)23(19-22(24)25-4)27-20-21-14-12-11-13-15-21/h11-15,19,23H,5-10,16-18,20H2,1-4H3/p+1/b22-19+. The second-order valence-electron chi connectivity index (χ2n) is 7.35. The smallest absolute Gasteiger partial charge is 0.277 e. The quantitative estimate of drug-likeness (QED) is 0.237. The first-order valence-electron chi connectivity index (χ1n) is 10.6. The fourth-order valence-corrected chi connectivity index (χ4v) is 11.4. The predicted octanol–water partition coefficient (Wildman–Crippen LogP) is 7.71. The van der Waals surface area contributed by atoms with E-state index in [0.29, 0.717) is 4.99 Å². The maximum absolute atomic E-state index is 10.2. The number of aliphatic hydroxyl groups is 1. The van der Waals surface area contributed by atoms with Gasteiger partial charge in [-0.3, -0.25) is 0 Å². The summed E-state index contributed by atoms with van der Waals surface area (Å²) in [6, 6.07) is 10.7. The Morgan fingerprint density at radius 1 is 1.00 bits per heavy atom. The predicted molar refractivity (Wildman–Crippen MR) is 125 cm³/mol. The lowest BCUT2D eigenvalue weighted by atomic mass is 10.2. The molecule has 0 radical (unpaired) electrons. The molecule has 1 atom stereocenters. The first-order valence-corrected chi connectivity index (χ1v) is 14.0. The maximum atomic E-state index is 10.2. The van der Waals surface area contributed by atoms with Crippen LogP contribution in [-0.2, 0) is 10.5 Å². The summed E-state index contributed by atoms with van der Waals surface area (Å²) in [5.41, 5.74) is 1.36. The summed E-state index contributed by atoms with van der Waals surface area (Å²) in [7, 11) is 0.351. The summed E-state index contributed by atoms with van der Waals surface area (Å²) in [4.78, 5) is 0.377. The SMILES string of the molecule is CCCC[P+](CCCC)(CCCC)C(/C=C(\O)OC)SCc1ccccc1. The molecule has 0 spiro atoms. The van der Waals surface area contributed by atoms with Crippen LogP contribution < -0.4 is 0 Å². The Bertz CT molecular complexity index is 497. The third-order valence-corrected chi connectivity index (χ3v) is 12.8. The van der Waals surface area contributed by atoms with Crippen molar-refractivity contribution in [1.82, 2.24) is 0 Å². The van der Waals surface area contributed by atoms with Gasteiger partial charge in [0.15, 0.2) is 0 Å². The number of rotatable bonds is 15. The minimum Gasteiger partial charge on any atom is -0.481 e. The number of methoxy groups -OCH3 is 1. The first-order chi connectivity index (χ1) is 13.1. The molecule has 0 aromatic heterocycles. The molecule has 0 amide bonds. The largest absolute Gasteiger partial charge is 0.481 e. The van der Waals surface area contributed by atoms with Crippen LogP contribution in [0.2, 0.25) is 0 Å². The second-order valence-corrected chi connectivity index (χ2v) is 13.2. The molecule has 0 aliphatic rings. The number of benzene rings is 1. The van der Waals surface area contributed by atoms with Gasteiger partial charge in [-0.2, -0.15) is 0 Å². The number of hydrogen-bond donors (Lipinski definition) is 1. The molecule has 2 nitrogen and oxygen atoms in total. The molecule has 0 saturated heterocycles. The topological polar surface area (TPSA) is 29.5 Å². The molecule has 0 bridgehead atoms. The molecule has 0 aliphatic heterocycles. The number of hydrogen-bond acceptors (Lipinski definition) is 3. The number of thioether (sulfide) groups is 1. The third kappa shape index (κ3) is 8.92. The minimum atomic E-state index is -1.21. The Morgan fingerprint density at radius 2 is 1.52 bits per heavy atom. The second kappa shape index (κ2) is 14.4. The van der Waals surface area contributed by atoms with Crippen molar-refractivity contribution < 1.29 is 9.84 Å². The highest BCUT2D eigenvalue weighted by molar-refractivity contribution is 8.08. The van der Waals surface area contributed by atoms with Gasteiger partial charge in [0.25, 0.3) is 5.95 Å². The van der Waals surface area contributed by atoms with Gasteiger partial charge < -0.3 is 9.84 Å². The molecule has 1 aromatic rings. The van der Waals surface area contributed by atoms with Crippen molar-refractivity contribution in [3.63, 3.8) is 0 Å². The Hall–Kier alpha value is -0.660. The number of unbranched alkanes of at least 4 members (excludes halogenated alkanes) is 3. The first kappa shape index (κ1) is 24.4. The van der Waals surface area contributed by atoms with Crippen molar-refractivity contribution in [1.29, 1.82) is 0 Å². The average molecular weight is 412 g/mol. The van der Waals surface area contributed by atoms with Crippen LogP contribution in [0.15, 0.2) is 42.4 Å². The lowest BCUT2D eigenvalue weighted by Crippen LogP contribution is -2.20. The van der Waals surface area contributed by atoms with Crippen LogP contribution >= 0.6 is 19.0 Å². The van der Waals surface area contributed by atoms with E-state index in [0.717, 1.165) is 5.75 Å². The Labute approximate surface area is 172 Å². The molecule has 1 aromatic carbocycles. The molecule has 0 heterocycles. The van der Waals surface area contributed by atoms with Crippen LogP contribution in [0.3, 0.4) is 0 Å². The van der Waals surface area contributed by atoms with E-state index in [1.54, 1.807) is 7.11 Å². The fourth-order valence-electron chi connectivity index (χ4n) is 3.45. The van der Waals surface area contributed by atoms with Crippen LogP contribution in [0.25, 0.3) is 0 Å². The highest BCUT2D eigenvalue weighted by atomic mass is 32.2. The van der Waals surface area contributed by atoms with Gasteiger partial charge in [0.05, 0.1) is 25.6 Å². The Kier molecular flexibility index (Phi) is 13.0. The monoisotopic (exact) mass is 411 g/mol. The van der Waals surface area contributed by atoms with E-state index in [4.69, 9.17) is 4.74 Å². The normalized spacial score (nSPS) is 13.6. The van der Waals surface area contributed by atoms with Gasteiger partial charge in [0, 0.05) is 19.1 Å². The van der Waals surface area contributed by atoms with Crippen LogP contribution in [0, 0.1) is 0 Å². The third-order valence-electron chi connectivity index (χ3n) is 5.17. The molecule has 154 valence electrons. The van der Waals surface area contributed by atoms with Crippen molar-refractivity contribution in [2.24, 2.45) is 0 Å². The van der Waals surface area contributed by atoms with E-state index >= 15 is 0 Å². The molecule has 0 aliphatic carbocycles. The number of ether oxygens (including phenoxy) is 1. The zero-order valence-corrected chi connectivity index (χ0v) is 19.5. The highest BCUT2D eigenvalue weighted by Crippen LogP contribution is 2.68. The minimum absolute atomic E-state index is 0.0921. The van der Waals surface area contributed by atoms with Gasteiger partial charge in [-0.1, -0.05) is 70.4 Å². The molecule has 1 N–H and O–H groups in total. The molecule has 0 fully saturated rings. The van der Waals surface area contributed by atoms with Crippen LogP contribution in [-0.4, -0.2) is 35.7 Å². The average Bonchev–Trinajstić information content (AvgIpc) is 2.71. The van der Waals surface area contributed by atoms with E-state index in [2.05, 4.69) is 51.1 Å². The fraction of sp³-hybridized carbons (Fsp3) is 0.652. The van der Waals surface area contributed by atoms with E-state index in [1.807, 2.05) is 17.8 Å². The molecule has 1 rings (SSSR count). The van der Waals surface area contributed by atoms with Crippen molar-refractivity contribution >= 4 is 19.0 Å². The summed E-state index contributed by atoms with van der Waals surface area (Å²) in [6.45, 7) is 6.88. The summed E-state index contributed by atoms with van der Waals surface area (Å²) >= 11 is 2.01. The number of aliphatic hydroxyl groups excluding tert-OH is 1. The van der Waals surface area contributed by atoms with Crippen LogP contribution in [0.5, 0.6) is 0 Å². The van der Waals surface area contributed by atoms with E-state index in [-0.39, 0.29) is 5.95 Å². The summed E-state index contributed by atoms with van der Waals surface area (Å²) in [5, 5.41) is 10.2. The van der Waals surface area contributed by atoms with Gasteiger partial charge in [-0.25, -0.2) is 0 Å². The molecular weight excluding hydrogens is 371 g/mol.